The molecule has 0 spiro atoms. The minimum Gasteiger partial charge on any atom is -0.361 e. The first-order valence-corrected chi connectivity index (χ1v) is 7.01. The van der Waals surface area contributed by atoms with E-state index in [1.807, 2.05) is 40.2 Å². The molecule has 0 aliphatic rings. The minimum absolute atomic E-state index is 0.588. The Labute approximate surface area is 124 Å². The average molecular weight is 290 g/mol. The van der Waals surface area contributed by atoms with Crippen LogP contribution in [0.4, 0.5) is 0 Å². The van der Waals surface area contributed by atoms with Gasteiger partial charge in [-0.2, -0.15) is 5.10 Å². The quantitative estimate of drug-likeness (QED) is 0.640. The van der Waals surface area contributed by atoms with Crippen LogP contribution in [-0.4, -0.2) is 27.4 Å². The summed E-state index contributed by atoms with van der Waals surface area (Å²) >= 11 is 0. The molecule has 7 heteroatoms. The molecule has 21 heavy (non-hydrogen) atoms. The Morgan fingerprint density at radius 1 is 1.38 bits per heavy atom. The van der Waals surface area contributed by atoms with E-state index in [9.17, 15) is 0 Å². The van der Waals surface area contributed by atoms with Gasteiger partial charge in [0.25, 0.3) is 0 Å². The van der Waals surface area contributed by atoms with Gasteiger partial charge in [0, 0.05) is 37.5 Å². The van der Waals surface area contributed by atoms with Crippen molar-refractivity contribution in [3.8, 4) is 0 Å². The highest BCUT2D eigenvalue weighted by atomic mass is 16.5. The van der Waals surface area contributed by atoms with E-state index in [1.165, 1.54) is 0 Å². The van der Waals surface area contributed by atoms with Crippen molar-refractivity contribution in [2.75, 3.05) is 6.54 Å². The van der Waals surface area contributed by atoms with Crippen molar-refractivity contribution in [3.05, 3.63) is 35.0 Å². The van der Waals surface area contributed by atoms with Crippen LogP contribution < -0.4 is 10.6 Å². The summed E-state index contributed by atoms with van der Waals surface area (Å²) in [6.45, 7) is 7.92. The van der Waals surface area contributed by atoms with Gasteiger partial charge in [0.15, 0.2) is 5.96 Å². The molecule has 7 nitrogen and oxygen atoms in total. The van der Waals surface area contributed by atoms with Crippen LogP contribution in [-0.2, 0) is 20.1 Å². The molecule has 2 heterocycles. The fourth-order valence-corrected chi connectivity index (χ4v) is 1.99. The van der Waals surface area contributed by atoms with Gasteiger partial charge in [-0.1, -0.05) is 5.16 Å². The number of guanidine groups is 1. The molecule has 0 aliphatic carbocycles. The Balaban J connectivity index is 1.98. The Kier molecular flexibility index (Phi) is 4.97. The lowest BCUT2D eigenvalue weighted by molar-refractivity contribution is 0.392. The third-order valence-corrected chi connectivity index (χ3v) is 3.14. The first kappa shape index (κ1) is 15.1. The second kappa shape index (κ2) is 6.92. The van der Waals surface area contributed by atoms with Crippen molar-refractivity contribution in [1.82, 2.24) is 25.6 Å². The topological polar surface area (TPSA) is 80.3 Å². The summed E-state index contributed by atoms with van der Waals surface area (Å²) in [6, 6.07) is 0. The minimum atomic E-state index is 0.588. The third-order valence-electron chi connectivity index (χ3n) is 3.14. The van der Waals surface area contributed by atoms with E-state index >= 15 is 0 Å². The summed E-state index contributed by atoms with van der Waals surface area (Å²) in [4.78, 5) is 4.55. The van der Waals surface area contributed by atoms with Crippen LogP contribution in [0.25, 0.3) is 0 Å². The van der Waals surface area contributed by atoms with E-state index in [4.69, 9.17) is 4.52 Å². The third kappa shape index (κ3) is 4.08. The molecular formula is C14H22N6O. The molecule has 0 saturated carbocycles. The van der Waals surface area contributed by atoms with Crippen LogP contribution >= 0.6 is 0 Å². The molecule has 2 rings (SSSR count). The summed E-state index contributed by atoms with van der Waals surface area (Å²) < 4.78 is 6.93. The first-order valence-electron chi connectivity index (χ1n) is 7.01. The number of hydrogen-bond donors (Lipinski definition) is 2. The van der Waals surface area contributed by atoms with Crippen molar-refractivity contribution in [2.45, 2.75) is 33.9 Å². The van der Waals surface area contributed by atoms with E-state index in [-0.39, 0.29) is 0 Å². The summed E-state index contributed by atoms with van der Waals surface area (Å²) in [7, 11) is 1.90. The van der Waals surface area contributed by atoms with Gasteiger partial charge in [0.2, 0.25) is 0 Å². The maximum atomic E-state index is 5.16. The largest absolute Gasteiger partial charge is 0.361 e. The van der Waals surface area contributed by atoms with Gasteiger partial charge in [0.05, 0.1) is 18.4 Å². The van der Waals surface area contributed by atoms with Crippen LogP contribution in [0.5, 0.6) is 0 Å². The number of rotatable bonds is 5. The average Bonchev–Trinajstić information content (AvgIpc) is 3.00. The van der Waals surface area contributed by atoms with Crippen LogP contribution in [0.2, 0.25) is 0 Å². The summed E-state index contributed by atoms with van der Waals surface area (Å²) in [5, 5.41) is 14.6. The zero-order valence-electron chi connectivity index (χ0n) is 13.0. The van der Waals surface area contributed by atoms with Crippen LogP contribution in [0.3, 0.4) is 0 Å². The van der Waals surface area contributed by atoms with Gasteiger partial charge < -0.3 is 15.2 Å². The molecule has 2 N–H and O–H groups in total. The lowest BCUT2D eigenvalue weighted by Gasteiger charge is -2.10. The highest BCUT2D eigenvalue weighted by Gasteiger charge is 2.09. The number of hydrogen-bond acceptors (Lipinski definition) is 4. The molecular weight excluding hydrogens is 268 g/mol. The molecule has 0 amide bonds. The van der Waals surface area contributed by atoms with Crippen molar-refractivity contribution in [3.63, 3.8) is 0 Å². The zero-order valence-corrected chi connectivity index (χ0v) is 13.0. The van der Waals surface area contributed by atoms with Gasteiger partial charge in [-0.3, -0.25) is 4.68 Å². The van der Waals surface area contributed by atoms with Gasteiger partial charge in [-0.15, -0.1) is 0 Å². The van der Waals surface area contributed by atoms with Crippen LogP contribution in [0, 0.1) is 13.8 Å². The van der Waals surface area contributed by atoms with E-state index in [0.29, 0.717) is 13.1 Å². The fourth-order valence-electron chi connectivity index (χ4n) is 1.99. The standard InChI is InChI=1S/C14H22N6O/c1-5-15-14(16-6-12-7-18-20(4)9-12)17-8-13-10(2)19-21-11(13)3/h7,9H,5-6,8H2,1-4H3,(H2,15,16,17). The highest BCUT2D eigenvalue weighted by Crippen LogP contribution is 2.11. The van der Waals surface area contributed by atoms with Crippen molar-refractivity contribution in [2.24, 2.45) is 12.0 Å². The van der Waals surface area contributed by atoms with Gasteiger partial charge in [-0.25, -0.2) is 4.99 Å². The first-order chi connectivity index (χ1) is 10.1. The molecule has 2 aromatic rings. The monoisotopic (exact) mass is 290 g/mol. The van der Waals surface area contributed by atoms with Crippen molar-refractivity contribution < 1.29 is 4.52 Å². The maximum Gasteiger partial charge on any atom is 0.191 e. The predicted octanol–water partition coefficient (Wildman–Crippen LogP) is 1.28. The van der Waals surface area contributed by atoms with Gasteiger partial charge in [-0.05, 0) is 20.8 Å². The molecule has 0 saturated heterocycles. The number of aryl methyl sites for hydroxylation is 3. The second-order valence-electron chi connectivity index (χ2n) is 4.87. The smallest absolute Gasteiger partial charge is 0.191 e. The lowest BCUT2D eigenvalue weighted by atomic mass is 10.2. The SMILES string of the molecule is CCNC(=NCc1cnn(C)c1)NCc1c(C)noc1C. The highest BCUT2D eigenvalue weighted by molar-refractivity contribution is 5.79. The number of aliphatic imine (C=N–C) groups is 1. The van der Waals surface area contributed by atoms with Crippen molar-refractivity contribution in [1.29, 1.82) is 0 Å². The molecule has 2 aromatic heterocycles. The van der Waals surface area contributed by atoms with E-state index in [0.717, 1.165) is 35.1 Å². The summed E-state index contributed by atoms with van der Waals surface area (Å²) in [6.07, 6.45) is 3.78. The summed E-state index contributed by atoms with van der Waals surface area (Å²) in [5.74, 6) is 1.60. The normalized spacial score (nSPS) is 11.7. The summed E-state index contributed by atoms with van der Waals surface area (Å²) in [5.41, 5.74) is 3.05. The second-order valence-corrected chi connectivity index (χ2v) is 4.87. The fraction of sp³-hybridized carbons (Fsp3) is 0.500. The molecule has 0 aliphatic heterocycles. The molecule has 0 aromatic carbocycles. The van der Waals surface area contributed by atoms with Gasteiger partial charge in [0.1, 0.15) is 5.76 Å². The van der Waals surface area contributed by atoms with E-state index < -0.39 is 0 Å². The number of nitrogens with zero attached hydrogens (tertiary/aromatic N) is 4. The maximum absolute atomic E-state index is 5.16. The molecule has 0 fully saturated rings. The number of aromatic nitrogens is 3. The molecule has 0 atom stereocenters. The Hall–Kier alpha value is -2.31. The van der Waals surface area contributed by atoms with Crippen molar-refractivity contribution >= 4 is 5.96 Å². The Bertz CT molecular complexity index is 593. The van der Waals surface area contributed by atoms with E-state index in [1.54, 1.807) is 4.68 Å². The molecule has 0 bridgehead atoms. The van der Waals surface area contributed by atoms with Crippen LogP contribution in [0.15, 0.2) is 21.9 Å². The van der Waals surface area contributed by atoms with Crippen LogP contribution in [0.1, 0.15) is 29.5 Å². The predicted molar refractivity (Wildman–Crippen MR) is 80.8 cm³/mol. The van der Waals surface area contributed by atoms with E-state index in [2.05, 4.69) is 25.9 Å². The Morgan fingerprint density at radius 3 is 2.76 bits per heavy atom. The zero-order chi connectivity index (χ0) is 15.2. The molecule has 0 radical (unpaired) electrons. The molecule has 0 unspecified atom stereocenters. The van der Waals surface area contributed by atoms with Gasteiger partial charge >= 0.3 is 0 Å². The lowest BCUT2D eigenvalue weighted by Crippen LogP contribution is -2.37. The molecule has 114 valence electrons. The number of nitrogens with one attached hydrogen (secondary N) is 2. The Morgan fingerprint density at radius 2 is 2.19 bits per heavy atom.